The predicted molar refractivity (Wildman–Crippen MR) is 58.1 cm³/mol. The van der Waals surface area contributed by atoms with Gasteiger partial charge in [-0.2, -0.15) is 13.2 Å². The summed E-state index contributed by atoms with van der Waals surface area (Å²) in [6.45, 7) is 0.885. The molecule has 1 N–H and O–H groups in total. The molecule has 0 aliphatic rings. The second-order valence-corrected chi connectivity index (χ2v) is 3.53. The summed E-state index contributed by atoms with van der Waals surface area (Å²) in [5.41, 5.74) is -0.918. The molecule has 0 radical (unpaired) electrons. The van der Waals surface area contributed by atoms with Crippen molar-refractivity contribution in [2.75, 3.05) is 20.3 Å². The van der Waals surface area contributed by atoms with E-state index in [1.807, 2.05) is 0 Å². The molecule has 0 saturated heterocycles. The molecule has 18 heavy (non-hydrogen) atoms. The van der Waals surface area contributed by atoms with Crippen LogP contribution in [0.1, 0.15) is 22.5 Å². The van der Waals surface area contributed by atoms with Gasteiger partial charge in [-0.3, -0.25) is 9.78 Å². The van der Waals surface area contributed by atoms with Gasteiger partial charge >= 0.3 is 6.18 Å². The lowest BCUT2D eigenvalue weighted by Crippen LogP contribution is -2.26. The van der Waals surface area contributed by atoms with Crippen molar-refractivity contribution in [3.8, 4) is 0 Å². The van der Waals surface area contributed by atoms with Gasteiger partial charge in [-0.15, -0.1) is 0 Å². The Morgan fingerprint density at radius 2 is 2.17 bits per heavy atom. The number of carbonyl (C=O) groups excluding carboxylic acids is 1. The highest BCUT2D eigenvalue weighted by molar-refractivity contribution is 5.92. The van der Waals surface area contributed by atoms with Crippen molar-refractivity contribution in [3.63, 3.8) is 0 Å². The van der Waals surface area contributed by atoms with E-state index in [9.17, 15) is 18.0 Å². The van der Waals surface area contributed by atoms with E-state index in [-0.39, 0.29) is 5.69 Å². The molecule has 1 aromatic heterocycles. The van der Waals surface area contributed by atoms with Gasteiger partial charge in [-0.1, -0.05) is 0 Å². The first-order valence-electron chi connectivity index (χ1n) is 5.25. The number of rotatable bonds is 5. The molecule has 0 fully saturated rings. The molecule has 0 aliphatic heterocycles. The Morgan fingerprint density at radius 3 is 2.67 bits per heavy atom. The van der Waals surface area contributed by atoms with E-state index in [2.05, 4.69) is 10.3 Å². The number of halogens is 3. The van der Waals surface area contributed by atoms with E-state index in [0.717, 1.165) is 12.1 Å². The minimum Gasteiger partial charge on any atom is -0.385 e. The molecule has 1 heterocycles. The zero-order valence-electron chi connectivity index (χ0n) is 9.75. The molecule has 100 valence electrons. The Hall–Kier alpha value is -1.63. The lowest BCUT2D eigenvalue weighted by molar-refractivity contribution is -0.137. The number of methoxy groups -OCH3 is 1. The molecule has 0 saturated carbocycles. The lowest BCUT2D eigenvalue weighted by Gasteiger charge is -2.07. The summed E-state index contributed by atoms with van der Waals surface area (Å²) in [7, 11) is 1.54. The highest BCUT2D eigenvalue weighted by atomic mass is 19.4. The lowest BCUT2D eigenvalue weighted by atomic mass is 10.2. The van der Waals surface area contributed by atoms with Crippen LogP contribution in [0.3, 0.4) is 0 Å². The molecule has 1 rings (SSSR count). The van der Waals surface area contributed by atoms with Crippen LogP contribution >= 0.6 is 0 Å². The predicted octanol–water partition coefficient (Wildman–Crippen LogP) is 1.87. The van der Waals surface area contributed by atoms with Gasteiger partial charge in [-0.25, -0.2) is 0 Å². The van der Waals surface area contributed by atoms with Crippen molar-refractivity contribution in [1.29, 1.82) is 0 Å². The van der Waals surface area contributed by atoms with Gasteiger partial charge < -0.3 is 10.1 Å². The van der Waals surface area contributed by atoms with Gasteiger partial charge in [0.05, 0.1) is 5.56 Å². The minimum absolute atomic E-state index is 0.0413. The quantitative estimate of drug-likeness (QED) is 0.824. The maximum Gasteiger partial charge on any atom is 0.417 e. The molecule has 0 aromatic carbocycles. The maximum atomic E-state index is 12.3. The number of ether oxygens (including phenoxy) is 1. The van der Waals surface area contributed by atoms with Crippen molar-refractivity contribution in [2.45, 2.75) is 12.6 Å². The molecule has 7 heteroatoms. The second-order valence-electron chi connectivity index (χ2n) is 3.53. The van der Waals surface area contributed by atoms with E-state index < -0.39 is 17.6 Å². The van der Waals surface area contributed by atoms with Crippen LogP contribution in [-0.4, -0.2) is 31.2 Å². The number of hydrogen-bond acceptors (Lipinski definition) is 3. The fourth-order valence-electron chi connectivity index (χ4n) is 1.20. The molecule has 1 amide bonds. The Bertz CT molecular complexity index is 390. The summed E-state index contributed by atoms with van der Waals surface area (Å²) in [4.78, 5) is 15.0. The van der Waals surface area contributed by atoms with Gasteiger partial charge in [-0.05, 0) is 18.6 Å². The van der Waals surface area contributed by atoms with Crippen LogP contribution in [-0.2, 0) is 10.9 Å². The number of hydrogen-bond donors (Lipinski definition) is 1. The summed E-state index contributed by atoms with van der Waals surface area (Å²) >= 11 is 0. The van der Waals surface area contributed by atoms with E-state index >= 15 is 0 Å². The van der Waals surface area contributed by atoms with Crippen LogP contribution in [0.4, 0.5) is 13.2 Å². The number of nitrogens with zero attached hydrogens (tertiary/aromatic N) is 1. The molecular formula is C11H13F3N2O2. The summed E-state index contributed by atoms with van der Waals surface area (Å²) in [5, 5.41) is 2.53. The maximum absolute atomic E-state index is 12.3. The van der Waals surface area contributed by atoms with E-state index in [4.69, 9.17) is 4.74 Å². The first kappa shape index (κ1) is 14.4. The normalized spacial score (nSPS) is 11.3. The Kier molecular flexibility index (Phi) is 5.08. The number of aromatic nitrogens is 1. The zero-order chi connectivity index (χ0) is 13.6. The van der Waals surface area contributed by atoms with Crippen LogP contribution in [0.25, 0.3) is 0 Å². The average molecular weight is 262 g/mol. The molecule has 0 unspecified atom stereocenters. The summed E-state index contributed by atoms with van der Waals surface area (Å²) in [6.07, 6.45) is -3.17. The van der Waals surface area contributed by atoms with Gasteiger partial charge in [0.1, 0.15) is 5.69 Å². The number of nitrogens with one attached hydrogen (secondary N) is 1. The van der Waals surface area contributed by atoms with Gasteiger partial charge in [0.15, 0.2) is 0 Å². The Labute approximate surface area is 102 Å². The third kappa shape index (κ3) is 4.33. The topological polar surface area (TPSA) is 51.2 Å². The molecule has 1 aromatic rings. The van der Waals surface area contributed by atoms with Crippen molar-refractivity contribution in [1.82, 2.24) is 10.3 Å². The van der Waals surface area contributed by atoms with Gasteiger partial charge in [0, 0.05) is 26.5 Å². The first-order valence-corrected chi connectivity index (χ1v) is 5.25. The van der Waals surface area contributed by atoms with Crippen LogP contribution in [0, 0.1) is 0 Å². The minimum atomic E-state index is -4.44. The summed E-state index contributed by atoms with van der Waals surface area (Å²) in [6, 6.07) is 1.88. The fourth-order valence-corrected chi connectivity index (χ4v) is 1.20. The van der Waals surface area contributed by atoms with Crippen molar-refractivity contribution in [3.05, 3.63) is 29.6 Å². The molecule has 4 nitrogen and oxygen atoms in total. The highest BCUT2D eigenvalue weighted by Gasteiger charge is 2.30. The van der Waals surface area contributed by atoms with Gasteiger partial charge in [0.2, 0.25) is 0 Å². The number of pyridine rings is 1. The zero-order valence-corrected chi connectivity index (χ0v) is 9.75. The Morgan fingerprint density at radius 1 is 1.44 bits per heavy atom. The molecular weight excluding hydrogens is 249 g/mol. The molecule has 0 atom stereocenters. The third-order valence-electron chi connectivity index (χ3n) is 2.13. The fraction of sp³-hybridized carbons (Fsp3) is 0.455. The second kappa shape index (κ2) is 6.34. The third-order valence-corrected chi connectivity index (χ3v) is 2.13. The largest absolute Gasteiger partial charge is 0.417 e. The molecule has 0 spiro atoms. The van der Waals surface area contributed by atoms with Crippen LogP contribution in [0.2, 0.25) is 0 Å². The summed E-state index contributed by atoms with van der Waals surface area (Å²) in [5.74, 6) is -0.500. The number of carbonyl (C=O) groups is 1. The van der Waals surface area contributed by atoms with Crippen LogP contribution in [0.5, 0.6) is 0 Å². The van der Waals surface area contributed by atoms with E-state index in [0.29, 0.717) is 25.8 Å². The smallest absolute Gasteiger partial charge is 0.385 e. The van der Waals surface area contributed by atoms with Crippen LogP contribution < -0.4 is 5.32 Å². The van der Waals surface area contributed by atoms with Crippen molar-refractivity contribution in [2.24, 2.45) is 0 Å². The summed E-state index contributed by atoms with van der Waals surface area (Å²) < 4.78 is 41.6. The average Bonchev–Trinajstić information content (AvgIpc) is 2.33. The number of alkyl halides is 3. The van der Waals surface area contributed by atoms with Gasteiger partial charge in [0.25, 0.3) is 5.91 Å². The highest BCUT2D eigenvalue weighted by Crippen LogP contribution is 2.28. The van der Waals surface area contributed by atoms with E-state index in [1.165, 1.54) is 0 Å². The number of amides is 1. The van der Waals surface area contributed by atoms with E-state index in [1.54, 1.807) is 7.11 Å². The standard InChI is InChI=1S/C11H13F3N2O2/c1-18-6-2-5-15-10(17)9-4-3-8(7-16-9)11(12,13)14/h3-4,7H,2,5-6H2,1H3,(H,15,17). The van der Waals surface area contributed by atoms with Crippen molar-refractivity contribution >= 4 is 5.91 Å². The SMILES string of the molecule is COCCCNC(=O)c1ccc(C(F)(F)F)cn1. The van der Waals surface area contributed by atoms with Crippen molar-refractivity contribution < 1.29 is 22.7 Å². The Balaban J connectivity index is 2.54. The monoisotopic (exact) mass is 262 g/mol. The first-order chi connectivity index (χ1) is 8.45. The molecule has 0 aliphatic carbocycles. The molecule has 0 bridgehead atoms. The van der Waals surface area contributed by atoms with Crippen LogP contribution in [0.15, 0.2) is 18.3 Å².